The Morgan fingerprint density at radius 2 is 1.95 bits per heavy atom. The first kappa shape index (κ1) is 13.1. The van der Waals surface area contributed by atoms with Crippen LogP contribution in [0, 0.1) is 5.82 Å². The summed E-state index contributed by atoms with van der Waals surface area (Å²) in [6.45, 7) is 0. The SMILES string of the molecule is CNC(=O)c1c(-c2ccc(F)cc2)[nH]n2ccc(=O)cc12. The standard InChI is InChI=1S/C15H12FN3O2/c1-17-15(21)13-12-8-11(20)6-7-19(12)18-14(13)9-2-4-10(16)5-3-9/h2-8,18H,1H3,(H,17,21). The third-order valence-electron chi connectivity index (χ3n) is 3.25. The molecule has 0 radical (unpaired) electrons. The molecule has 1 aromatic carbocycles. The highest BCUT2D eigenvalue weighted by Crippen LogP contribution is 2.25. The van der Waals surface area contributed by atoms with Gasteiger partial charge in [-0.05, 0) is 24.3 Å². The van der Waals surface area contributed by atoms with Crippen molar-refractivity contribution in [3.8, 4) is 11.3 Å². The summed E-state index contributed by atoms with van der Waals surface area (Å²) in [5, 5.41) is 5.59. The van der Waals surface area contributed by atoms with E-state index in [1.165, 1.54) is 31.3 Å². The van der Waals surface area contributed by atoms with Gasteiger partial charge in [-0.15, -0.1) is 0 Å². The number of benzene rings is 1. The molecule has 0 fully saturated rings. The lowest BCUT2D eigenvalue weighted by Gasteiger charge is -2.02. The number of nitrogens with one attached hydrogen (secondary N) is 2. The molecule has 1 amide bonds. The van der Waals surface area contributed by atoms with E-state index in [0.29, 0.717) is 22.3 Å². The zero-order valence-corrected chi connectivity index (χ0v) is 11.2. The maximum Gasteiger partial charge on any atom is 0.255 e. The first-order valence-corrected chi connectivity index (χ1v) is 6.32. The topological polar surface area (TPSA) is 66.4 Å². The Morgan fingerprint density at radius 3 is 2.62 bits per heavy atom. The number of halogens is 1. The molecule has 0 bridgehead atoms. The smallest absolute Gasteiger partial charge is 0.255 e. The van der Waals surface area contributed by atoms with E-state index in [2.05, 4.69) is 10.4 Å². The molecule has 0 unspecified atom stereocenters. The van der Waals surface area contributed by atoms with Crippen LogP contribution in [-0.2, 0) is 0 Å². The van der Waals surface area contributed by atoms with Gasteiger partial charge in [0.2, 0.25) is 0 Å². The number of nitrogens with zero attached hydrogens (tertiary/aromatic N) is 1. The number of hydrogen-bond donors (Lipinski definition) is 2. The quantitative estimate of drug-likeness (QED) is 0.754. The van der Waals surface area contributed by atoms with Crippen LogP contribution in [0.15, 0.2) is 47.4 Å². The van der Waals surface area contributed by atoms with Crippen LogP contribution < -0.4 is 10.7 Å². The second kappa shape index (κ2) is 4.90. The Labute approximate surface area is 119 Å². The van der Waals surface area contributed by atoms with Crippen LogP contribution in [0.2, 0.25) is 0 Å². The fraction of sp³-hybridized carbons (Fsp3) is 0.0667. The molecule has 3 rings (SSSR count). The van der Waals surface area contributed by atoms with Crippen LogP contribution in [0.5, 0.6) is 0 Å². The van der Waals surface area contributed by atoms with E-state index in [9.17, 15) is 14.0 Å². The number of H-pyrrole nitrogens is 1. The minimum Gasteiger partial charge on any atom is -0.355 e. The number of rotatable bonds is 2. The number of aromatic nitrogens is 2. The van der Waals surface area contributed by atoms with E-state index in [-0.39, 0.29) is 17.2 Å². The van der Waals surface area contributed by atoms with Gasteiger partial charge in [-0.25, -0.2) is 4.39 Å². The summed E-state index contributed by atoms with van der Waals surface area (Å²) in [6.07, 6.45) is 1.55. The van der Waals surface area contributed by atoms with Crippen LogP contribution in [0.25, 0.3) is 16.8 Å². The molecular weight excluding hydrogens is 273 g/mol. The van der Waals surface area contributed by atoms with Gasteiger partial charge >= 0.3 is 0 Å². The summed E-state index contributed by atoms with van der Waals surface area (Å²) in [5.41, 5.74) is 1.82. The second-order valence-corrected chi connectivity index (χ2v) is 4.57. The molecule has 21 heavy (non-hydrogen) atoms. The zero-order chi connectivity index (χ0) is 15.0. The molecule has 2 aromatic heterocycles. The molecule has 3 aromatic rings. The normalized spacial score (nSPS) is 10.8. The van der Waals surface area contributed by atoms with Crippen molar-refractivity contribution in [1.29, 1.82) is 0 Å². The van der Waals surface area contributed by atoms with Gasteiger partial charge in [0.05, 0.1) is 16.8 Å². The minimum atomic E-state index is -0.356. The van der Waals surface area contributed by atoms with Crippen LogP contribution in [-0.4, -0.2) is 22.6 Å². The number of aromatic amines is 1. The molecule has 0 aliphatic rings. The lowest BCUT2D eigenvalue weighted by molar-refractivity contribution is 0.0965. The number of fused-ring (bicyclic) bond motifs is 1. The molecule has 2 heterocycles. The number of carbonyl (C=O) groups excluding carboxylic acids is 1. The Kier molecular flexibility index (Phi) is 3.06. The molecule has 6 heteroatoms. The number of hydrogen-bond acceptors (Lipinski definition) is 2. The molecule has 0 aliphatic heterocycles. The third kappa shape index (κ3) is 2.20. The molecule has 5 nitrogen and oxygen atoms in total. The average molecular weight is 285 g/mol. The fourth-order valence-electron chi connectivity index (χ4n) is 2.26. The minimum absolute atomic E-state index is 0.190. The molecule has 0 spiro atoms. The predicted molar refractivity (Wildman–Crippen MR) is 76.8 cm³/mol. The summed E-state index contributed by atoms with van der Waals surface area (Å²) in [6, 6.07) is 8.56. The van der Waals surface area contributed by atoms with Gasteiger partial charge in [0.15, 0.2) is 5.43 Å². The number of pyridine rings is 1. The van der Waals surface area contributed by atoms with E-state index in [4.69, 9.17) is 0 Å². The molecule has 0 atom stereocenters. The fourth-order valence-corrected chi connectivity index (χ4v) is 2.26. The summed E-state index contributed by atoms with van der Waals surface area (Å²) >= 11 is 0. The first-order chi connectivity index (χ1) is 10.1. The Bertz CT molecular complexity index is 878. The van der Waals surface area contributed by atoms with Gasteiger partial charge in [-0.1, -0.05) is 0 Å². The monoisotopic (exact) mass is 285 g/mol. The van der Waals surface area contributed by atoms with E-state index in [1.807, 2.05) is 0 Å². The van der Waals surface area contributed by atoms with Crippen molar-refractivity contribution >= 4 is 11.4 Å². The van der Waals surface area contributed by atoms with E-state index >= 15 is 0 Å². The molecule has 0 saturated carbocycles. The van der Waals surface area contributed by atoms with Crippen molar-refractivity contribution in [2.24, 2.45) is 0 Å². The van der Waals surface area contributed by atoms with Crippen LogP contribution in [0.3, 0.4) is 0 Å². The molecule has 2 N–H and O–H groups in total. The lowest BCUT2D eigenvalue weighted by atomic mass is 10.1. The molecule has 106 valence electrons. The van der Waals surface area contributed by atoms with Gasteiger partial charge in [0.1, 0.15) is 5.82 Å². The van der Waals surface area contributed by atoms with Crippen LogP contribution in [0.1, 0.15) is 10.4 Å². The van der Waals surface area contributed by atoms with Crippen molar-refractivity contribution in [2.45, 2.75) is 0 Å². The van der Waals surface area contributed by atoms with Crippen molar-refractivity contribution in [3.05, 3.63) is 64.2 Å². The van der Waals surface area contributed by atoms with Gasteiger partial charge in [-0.3, -0.25) is 19.2 Å². The number of carbonyl (C=O) groups is 1. The van der Waals surface area contributed by atoms with E-state index in [1.54, 1.807) is 22.8 Å². The van der Waals surface area contributed by atoms with Crippen molar-refractivity contribution in [1.82, 2.24) is 14.9 Å². The Balaban J connectivity index is 2.33. The van der Waals surface area contributed by atoms with E-state index < -0.39 is 0 Å². The highest BCUT2D eigenvalue weighted by Gasteiger charge is 2.19. The van der Waals surface area contributed by atoms with Gasteiger partial charge in [0, 0.05) is 30.9 Å². The van der Waals surface area contributed by atoms with Gasteiger partial charge < -0.3 is 5.32 Å². The highest BCUT2D eigenvalue weighted by atomic mass is 19.1. The highest BCUT2D eigenvalue weighted by molar-refractivity contribution is 6.06. The van der Waals surface area contributed by atoms with Gasteiger partial charge in [-0.2, -0.15) is 0 Å². The Morgan fingerprint density at radius 1 is 1.24 bits per heavy atom. The van der Waals surface area contributed by atoms with Crippen molar-refractivity contribution in [2.75, 3.05) is 7.05 Å². The largest absolute Gasteiger partial charge is 0.355 e. The third-order valence-corrected chi connectivity index (χ3v) is 3.25. The zero-order valence-electron chi connectivity index (χ0n) is 11.2. The van der Waals surface area contributed by atoms with Crippen LogP contribution in [0.4, 0.5) is 4.39 Å². The molecule has 0 aliphatic carbocycles. The lowest BCUT2D eigenvalue weighted by Crippen LogP contribution is -2.18. The summed E-state index contributed by atoms with van der Waals surface area (Å²) < 4.78 is 14.6. The summed E-state index contributed by atoms with van der Waals surface area (Å²) in [5.74, 6) is -0.676. The maximum absolute atomic E-state index is 13.0. The first-order valence-electron chi connectivity index (χ1n) is 6.32. The molecule has 0 saturated heterocycles. The molecular formula is C15H12FN3O2. The summed E-state index contributed by atoms with van der Waals surface area (Å²) in [7, 11) is 1.52. The predicted octanol–water partition coefficient (Wildman–Crippen LogP) is 1.79. The second-order valence-electron chi connectivity index (χ2n) is 4.57. The van der Waals surface area contributed by atoms with Crippen molar-refractivity contribution < 1.29 is 9.18 Å². The Hall–Kier alpha value is -2.89. The number of amides is 1. The van der Waals surface area contributed by atoms with Crippen molar-refractivity contribution in [3.63, 3.8) is 0 Å². The average Bonchev–Trinajstić information content (AvgIpc) is 2.85. The van der Waals surface area contributed by atoms with Crippen LogP contribution >= 0.6 is 0 Å². The summed E-state index contributed by atoms with van der Waals surface area (Å²) in [4.78, 5) is 23.7. The maximum atomic E-state index is 13.0. The van der Waals surface area contributed by atoms with E-state index in [0.717, 1.165) is 0 Å². The van der Waals surface area contributed by atoms with Gasteiger partial charge in [0.25, 0.3) is 5.91 Å².